The fraction of sp³-hybridized carbons (Fsp3) is 0.429. The van der Waals surface area contributed by atoms with Crippen LogP contribution in [0.4, 0.5) is 10.1 Å². The highest BCUT2D eigenvalue weighted by atomic mass is 19.1. The van der Waals surface area contributed by atoms with E-state index in [2.05, 4.69) is 5.10 Å². The standard InChI is InChI=1S/C21H24FN5O3/c1-15(28)27-12-20(30)26(18-10-23-24(2)11-18)14-21(27)6-7-25(13-21)19(29)9-16-4-3-5-17(22)8-16/h3-5,8,10-11H,6-7,9,12-14H2,1-2H3. The minimum Gasteiger partial charge on any atom is -0.340 e. The third kappa shape index (κ3) is 3.67. The topological polar surface area (TPSA) is 78.8 Å². The van der Waals surface area contributed by atoms with Gasteiger partial charge < -0.3 is 14.7 Å². The molecular weight excluding hydrogens is 389 g/mol. The first-order chi connectivity index (χ1) is 14.3. The molecular formula is C21H24FN5O3. The van der Waals surface area contributed by atoms with Crippen molar-refractivity contribution in [1.29, 1.82) is 0 Å². The Labute approximate surface area is 173 Å². The average molecular weight is 413 g/mol. The van der Waals surface area contributed by atoms with E-state index in [1.165, 1.54) is 19.1 Å². The van der Waals surface area contributed by atoms with Crippen LogP contribution >= 0.6 is 0 Å². The molecule has 0 bridgehead atoms. The Morgan fingerprint density at radius 2 is 2.07 bits per heavy atom. The van der Waals surface area contributed by atoms with Crippen molar-refractivity contribution in [3.63, 3.8) is 0 Å². The third-order valence-electron chi connectivity index (χ3n) is 5.93. The molecule has 1 aromatic heterocycles. The summed E-state index contributed by atoms with van der Waals surface area (Å²) in [4.78, 5) is 42.9. The Kier molecular flexibility index (Phi) is 5.05. The van der Waals surface area contributed by atoms with Crippen LogP contribution in [0, 0.1) is 5.82 Å². The van der Waals surface area contributed by atoms with Crippen molar-refractivity contribution < 1.29 is 18.8 Å². The zero-order valence-electron chi connectivity index (χ0n) is 17.0. The minimum absolute atomic E-state index is 0.0316. The summed E-state index contributed by atoms with van der Waals surface area (Å²) in [7, 11) is 1.78. The maximum Gasteiger partial charge on any atom is 0.246 e. The molecule has 8 nitrogen and oxygen atoms in total. The van der Waals surface area contributed by atoms with E-state index < -0.39 is 5.54 Å². The number of carbonyl (C=O) groups excluding carboxylic acids is 3. The number of hydrogen-bond donors (Lipinski definition) is 0. The summed E-state index contributed by atoms with van der Waals surface area (Å²) in [5.74, 6) is -0.855. The number of piperazine rings is 1. The average Bonchev–Trinajstić information content (AvgIpc) is 3.30. The lowest BCUT2D eigenvalue weighted by Gasteiger charge is -2.47. The number of likely N-dealkylation sites (tertiary alicyclic amines) is 1. The first-order valence-corrected chi connectivity index (χ1v) is 9.87. The molecule has 3 amide bonds. The van der Waals surface area contributed by atoms with Gasteiger partial charge in [-0.2, -0.15) is 5.10 Å². The summed E-state index contributed by atoms with van der Waals surface area (Å²) in [6.07, 6.45) is 4.05. The molecule has 2 saturated heterocycles. The van der Waals surface area contributed by atoms with E-state index in [4.69, 9.17) is 0 Å². The molecule has 0 aliphatic carbocycles. The van der Waals surface area contributed by atoms with E-state index in [0.717, 1.165) is 0 Å². The van der Waals surface area contributed by atoms with Crippen LogP contribution in [0.25, 0.3) is 0 Å². The van der Waals surface area contributed by atoms with Crippen molar-refractivity contribution in [2.75, 3.05) is 31.1 Å². The second kappa shape index (κ2) is 7.55. The molecule has 158 valence electrons. The number of aryl methyl sites for hydroxylation is 1. The van der Waals surface area contributed by atoms with Gasteiger partial charge in [0.1, 0.15) is 12.4 Å². The summed E-state index contributed by atoms with van der Waals surface area (Å²) >= 11 is 0. The number of halogens is 1. The molecule has 1 atom stereocenters. The maximum atomic E-state index is 13.4. The molecule has 0 radical (unpaired) electrons. The fourth-order valence-electron chi connectivity index (χ4n) is 4.44. The van der Waals surface area contributed by atoms with Crippen LogP contribution in [-0.4, -0.2) is 69.0 Å². The van der Waals surface area contributed by atoms with Crippen LogP contribution < -0.4 is 4.90 Å². The summed E-state index contributed by atoms with van der Waals surface area (Å²) < 4.78 is 15.1. The molecule has 2 aromatic rings. The third-order valence-corrected chi connectivity index (χ3v) is 5.93. The van der Waals surface area contributed by atoms with Gasteiger partial charge in [0, 0.05) is 33.3 Å². The molecule has 0 N–H and O–H groups in total. The largest absolute Gasteiger partial charge is 0.340 e. The molecule has 2 fully saturated rings. The summed E-state index contributed by atoms with van der Waals surface area (Å²) in [6.45, 7) is 2.54. The summed E-state index contributed by atoms with van der Waals surface area (Å²) in [6, 6.07) is 6.00. The van der Waals surface area contributed by atoms with Crippen LogP contribution in [0.2, 0.25) is 0 Å². The monoisotopic (exact) mass is 413 g/mol. The number of rotatable bonds is 3. The van der Waals surface area contributed by atoms with Gasteiger partial charge in [0.25, 0.3) is 0 Å². The molecule has 1 aromatic carbocycles. The van der Waals surface area contributed by atoms with Crippen molar-refractivity contribution >= 4 is 23.4 Å². The zero-order chi connectivity index (χ0) is 21.5. The molecule has 30 heavy (non-hydrogen) atoms. The van der Waals surface area contributed by atoms with Crippen LogP contribution in [-0.2, 0) is 27.9 Å². The minimum atomic E-state index is -0.646. The summed E-state index contributed by atoms with van der Waals surface area (Å²) in [5, 5.41) is 4.14. The number of benzene rings is 1. The lowest BCUT2D eigenvalue weighted by Crippen LogP contribution is -2.67. The number of aromatic nitrogens is 2. The second-order valence-electron chi connectivity index (χ2n) is 8.05. The van der Waals surface area contributed by atoms with Crippen LogP contribution in [0.1, 0.15) is 18.9 Å². The van der Waals surface area contributed by atoms with Gasteiger partial charge in [0.2, 0.25) is 17.7 Å². The summed E-state index contributed by atoms with van der Waals surface area (Å²) in [5.41, 5.74) is 0.641. The van der Waals surface area contributed by atoms with Crippen molar-refractivity contribution in [3.05, 3.63) is 48.0 Å². The zero-order valence-corrected chi connectivity index (χ0v) is 17.0. The SMILES string of the molecule is CC(=O)N1CC(=O)N(c2cnn(C)c2)CC12CCN(C(=O)Cc1cccc(F)c1)C2. The van der Waals surface area contributed by atoms with Gasteiger partial charge in [-0.15, -0.1) is 0 Å². The van der Waals surface area contributed by atoms with Crippen LogP contribution in [0.3, 0.4) is 0 Å². The smallest absolute Gasteiger partial charge is 0.246 e. The van der Waals surface area contributed by atoms with E-state index in [1.54, 1.807) is 51.0 Å². The molecule has 3 heterocycles. The molecule has 4 rings (SSSR count). The molecule has 1 spiro atoms. The lowest BCUT2D eigenvalue weighted by atomic mass is 9.92. The van der Waals surface area contributed by atoms with E-state index >= 15 is 0 Å². The van der Waals surface area contributed by atoms with Crippen molar-refractivity contribution in [2.24, 2.45) is 7.05 Å². The normalized spacial score (nSPS) is 21.6. The number of anilines is 1. The second-order valence-corrected chi connectivity index (χ2v) is 8.05. The van der Waals surface area contributed by atoms with Crippen molar-refractivity contribution in [3.8, 4) is 0 Å². The van der Waals surface area contributed by atoms with Crippen LogP contribution in [0.5, 0.6) is 0 Å². The number of hydrogen-bond acceptors (Lipinski definition) is 4. The highest BCUT2D eigenvalue weighted by molar-refractivity contribution is 5.98. The maximum absolute atomic E-state index is 13.4. The van der Waals surface area contributed by atoms with Crippen molar-refractivity contribution in [2.45, 2.75) is 25.3 Å². The Balaban J connectivity index is 1.55. The highest BCUT2D eigenvalue weighted by Gasteiger charge is 2.51. The Bertz CT molecular complexity index is 1010. The van der Waals surface area contributed by atoms with Gasteiger partial charge in [0.05, 0.1) is 30.4 Å². The highest BCUT2D eigenvalue weighted by Crippen LogP contribution is 2.34. The number of carbonyl (C=O) groups is 3. The van der Waals surface area contributed by atoms with Gasteiger partial charge in [0.15, 0.2) is 0 Å². The molecule has 9 heteroatoms. The molecule has 2 aliphatic heterocycles. The Hall–Kier alpha value is -3.23. The van der Waals surface area contributed by atoms with E-state index in [0.29, 0.717) is 37.3 Å². The van der Waals surface area contributed by atoms with Crippen molar-refractivity contribution in [1.82, 2.24) is 19.6 Å². The number of amides is 3. The predicted molar refractivity (Wildman–Crippen MR) is 107 cm³/mol. The first-order valence-electron chi connectivity index (χ1n) is 9.87. The van der Waals surface area contributed by atoms with Gasteiger partial charge in [-0.25, -0.2) is 4.39 Å². The molecule has 2 aliphatic rings. The van der Waals surface area contributed by atoms with Gasteiger partial charge in [-0.05, 0) is 24.1 Å². The van der Waals surface area contributed by atoms with Gasteiger partial charge >= 0.3 is 0 Å². The first kappa shape index (κ1) is 20.1. The van der Waals surface area contributed by atoms with Gasteiger partial charge in [-0.3, -0.25) is 19.1 Å². The van der Waals surface area contributed by atoms with Crippen LogP contribution in [0.15, 0.2) is 36.7 Å². The molecule has 0 saturated carbocycles. The quantitative estimate of drug-likeness (QED) is 0.751. The van der Waals surface area contributed by atoms with E-state index in [1.807, 2.05) is 0 Å². The molecule has 1 unspecified atom stereocenters. The van der Waals surface area contributed by atoms with E-state index in [9.17, 15) is 18.8 Å². The van der Waals surface area contributed by atoms with E-state index in [-0.39, 0.29) is 36.5 Å². The van der Waals surface area contributed by atoms with Gasteiger partial charge in [-0.1, -0.05) is 12.1 Å². The Morgan fingerprint density at radius 3 is 2.73 bits per heavy atom. The fourth-order valence-corrected chi connectivity index (χ4v) is 4.44. The Morgan fingerprint density at radius 1 is 1.27 bits per heavy atom. The predicted octanol–water partition coefficient (Wildman–Crippen LogP) is 0.968. The number of nitrogens with zero attached hydrogens (tertiary/aromatic N) is 5. The lowest BCUT2D eigenvalue weighted by molar-refractivity contribution is -0.143.